The molecule has 0 spiro atoms. The molecule has 0 aliphatic carbocycles. The highest BCUT2D eigenvalue weighted by molar-refractivity contribution is 7.09. The van der Waals surface area contributed by atoms with Crippen molar-refractivity contribution in [2.45, 2.75) is 26.3 Å². The van der Waals surface area contributed by atoms with Crippen LogP contribution < -0.4 is 5.32 Å². The van der Waals surface area contributed by atoms with Crippen LogP contribution in [0.25, 0.3) is 11.1 Å². The van der Waals surface area contributed by atoms with Gasteiger partial charge < -0.3 is 9.73 Å². The molecule has 3 nitrogen and oxygen atoms in total. The Hall–Kier alpha value is -1.96. The molecule has 1 N–H and O–H groups in total. The summed E-state index contributed by atoms with van der Waals surface area (Å²) in [4.78, 5) is 5.58. The maximum absolute atomic E-state index is 6.14. The van der Waals surface area contributed by atoms with E-state index >= 15 is 0 Å². The van der Waals surface area contributed by atoms with Gasteiger partial charge in [0.1, 0.15) is 16.4 Å². The van der Waals surface area contributed by atoms with Crippen LogP contribution in [0, 0.1) is 12.3 Å². The first kappa shape index (κ1) is 15.0. The molecule has 0 bridgehead atoms. The number of pyridine rings is 1. The minimum Gasteiger partial charge on any atom is -0.456 e. The SMILES string of the molecule is C#Cc1c(CCC)oc2c(NCc3cccs3)cc(Cl)nc12. The van der Waals surface area contributed by atoms with E-state index < -0.39 is 0 Å². The number of rotatable bonds is 5. The number of nitrogens with one attached hydrogen (secondary N) is 1. The molecule has 0 unspecified atom stereocenters. The van der Waals surface area contributed by atoms with Gasteiger partial charge in [-0.25, -0.2) is 4.98 Å². The van der Waals surface area contributed by atoms with Crippen LogP contribution in [0.1, 0.15) is 29.5 Å². The van der Waals surface area contributed by atoms with Gasteiger partial charge in [-0.05, 0) is 17.9 Å². The third-order valence-corrected chi connectivity index (χ3v) is 4.41. The second kappa shape index (κ2) is 6.43. The molecule has 3 aromatic rings. The fraction of sp³-hybridized carbons (Fsp3) is 0.235. The van der Waals surface area contributed by atoms with Gasteiger partial charge in [-0.15, -0.1) is 17.8 Å². The molecule has 0 radical (unpaired) electrons. The number of thiophene rings is 1. The molecular formula is C17H15ClN2OS. The second-order valence-corrected chi connectivity index (χ2v) is 6.32. The van der Waals surface area contributed by atoms with Crippen molar-refractivity contribution in [3.05, 3.63) is 44.9 Å². The average Bonchev–Trinajstić information content (AvgIpc) is 3.12. The van der Waals surface area contributed by atoms with E-state index in [0.29, 0.717) is 28.4 Å². The van der Waals surface area contributed by atoms with Crippen molar-refractivity contribution in [2.75, 3.05) is 5.32 Å². The van der Waals surface area contributed by atoms with Gasteiger partial charge >= 0.3 is 0 Å². The summed E-state index contributed by atoms with van der Waals surface area (Å²) in [5.41, 5.74) is 2.87. The van der Waals surface area contributed by atoms with E-state index in [1.807, 2.05) is 6.07 Å². The van der Waals surface area contributed by atoms with Gasteiger partial charge in [0, 0.05) is 23.9 Å². The smallest absolute Gasteiger partial charge is 0.177 e. The summed E-state index contributed by atoms with van der Waals surface area (Å²) in [6, 6.07) is 5.88. The zero-order valence-corrected chi connectivity index (χ0v) is 13.7. The molecule has 112 valence electrons. The Balaban J connectivity index is 2.03. The third-order valence-electron chi connectivity index (χ3n) is 3.34. The lowest BCUT2D eigenvalue weighted by atomic mass is 10.1. The Morgan fingerprint density at radius 1 is 1.50 bits per heavy atom. The topological polar surface area (TPSA) is 38.1 Å². The highest BCUT2D eigenvalue weighted by atomic mass is 35.5. The van der Waals surface area contributed by atoms with Crippen LogP contribution in [-0.2, 0) is 13.0 Å². The van der Waals surface area contributed by atoms with Crippen LogP contribution in [0.3, 0.4) is 0 Å². The molecule has 0 aliphatic heterocycles. The highest BCUT2D eigenvalue weighted by Crippen LogP contribution is 2.32. The number of furan rings is 1. The maximum atomic E-state index is 6.14. The summed E-state index contributed by atoms with van der Waals surface area (Å²) in [7, 11) is 0. The third kappa shape index (κ3) is 2.83. The Labute approximate surface area is 138 Å². The predicted molar refractivity (Wildman–Crippen MR) is 92.6 cm³/mol. The normalized spacial score (nSPS) is 10.8. The standard InChI is InChI=1S/C17H15ClN2OS/c1-3-6-14-12(4-2)16-17(21-14)13(9-15(18)20-16)19-10-11-7-5-8-22-11/h2,5,7-9H,3,6,10H2,1H3,(H,19,20). The van der Waals surface area contributed by atoms with Gasteiger partial charge in [0.2, 0.25) is 0 Å². The van der Waals surface area contributed by atoms with E-state index in [-0.39, 0.29) is 0 Å². The molecule has 0 aromatic carbocycles. The Morgan fingerprint density at radius 2 is 2.36 bits per heavy atom. The van der Waals surface area contributed by atoms with Crippen LogP contribution in [-0.4, -0.2) is 4.98 Å². The molecule has 3 heterocycles. The molecule has 22 heavy (non-hydrogen) atoms. The Morgan fingerprint density at radius 3 is 3.05 bits per heavy atom. The lowest BCUT2D eigenvalue weighted by molar-refractivity contribution is 0.543. The number of nitrogens with zero attached hydrogens (tertiary/aromatic N) is 1. The first-order chi connectivity index (χ1) is 10.7. The summed E-state index contributed by atoms with van der Waals surface area (Å²) in [6.45, 7) is 2.80. The fourth-order valence-corrected chi connectivity index (χ4v) is 3.20. The highest BCUT2D eigenvalue weighted by Gasteiger charge is 2.17. The van der Waals surface area contributed by atoms with Gasteiger partial charge in [0.25, 0.3) is 0 Å². The lowest BCUT2D eigenvalue weighted by Crippen LogP contribution is -1.98. The van der Waals surface area contributed by atoms with Crippen molar-refractivity contribution in [1.29, 1.82) is 0 Å². The minimum absolute atomic E-state index is 0.404. The van der Waals surface area contributed by atoms with E-state index in [9.17, 15) is 0 Å². The molecule has 0 fully saturated rings. The predicted octanol–water partition coefficient (Wildman–Crippen LogP) is 5.09. The molecule has 0 saturated heterocycles. The molecule has 5 heteroatoms. The monoisotopic (exact) mass is 330 g/mol. The van der Waals surface area contributed by atoms with Crippen molar-refractivity contribution in [3.8, 4) is 12.3 Å². The summed E-state index contributed by atoms with van der Waals surface area (Å²) >= 11 is 7.84. The lowest BCUT2D eigenvalue weighted by Gasteiger charge is -2.05. The summed E-state index contributed by atoms with van der Waals surface area (Å²) in [6.07, 6.45) is 7.38. The molecule has 3 rings (SSSR count). The van der Waals surface area contributed by atoms with E-state index in [1.165, 1.54) is 4.88 Å². The van der Waals surface area contributed by atoms with Crippen LogP contribution in [0.2, 0.25) is 5.15 Å². The minimum atomic E-state index is 0.404. The van der Waals surface area contributed by atoms with Gasteiger partial charge in [-0.2, -0.15) is 0 Å². The van der Waals surface area contributed by atoms with Gasteiger partial charge in [0.15, 0.2) is 5.58 Å². The van der Waals surface area contributed by atoms with Crippen molar-refractivity contribution in [1.82, 2.24) is 4.98 Å². The molecule has 0 saturated carbocycles. The number of aromatic nitrogens is 1. The molecule has 0 atom stereocenters. The van der Waals surface area contributed by atoms with Gasteiger partial charge in [-0.1, -0.05) is 30.5 Å². The van der Waals surface area contributed by atoms with Crippen molar-refractivity contribution in [2.24, 2.45) is 0 Å². The zero-order chi connectivity index (χ0) is 15.5. The summed E-state index contributed by atoms with van der Waals surface area (Å²) in [5, 5.41) is 5.82. The maximum Gasteiger partial charge on any atom is 0.177 e. The zero-order valence-electron chi connectivity index (χ0n) is 12.1. The van der Waals surface area contributed by atoms with E-state index in [0.717, 1.165) is 24.3 Å². The van der Waals surface area contributed by atoms with E-state index in [4.69, 9.17) is 22.4 Å². The molecular weight excluding hydrogens is 316 g/mol. The second-order valence-electron chi connectivity index (χ2n) is 4.90. The Kier molecular flexibility index (Phi) is 4.37. The van der Waals surface area contributed by atoms with E-state index in [2.05, 4.69) is 34.6 Å². The van der Waals surface area contributed by atoms with E-state index in [1.54, 1.807) is 17.4 Å². The summed E-state index contributed by atoms with van der Waals surface area (Å²) < 4.78 is 5.96. The van der Waals surface area contributed by atoms with Gasteiger partial charge in [0.05, 0.1) is 11.3 Å². The number of hydrogen-bond donors (Lipinski definition) is 1. The Bertz CT molecular complexity index is 831. The first-order valence-corrected chi connectivity index (χ1v) is 8.33. The van der Waals surface area contributed by atoms with Crippen molar-refractivity contribution >= 4 is 39.7 Å². The first-order valence-electron chi connectivity index (χ1n) is 7.07. The van der Waals surface area contributed by atoms with Crippen LogP contribution in [0.5, 0.6) is 0 Å². The number of halogens is 1. The number of hydrogen-bond acceptors (Lipinski definition) is 4. The molecule has 0 amide bonds. The molecule has 3 aromatic heterocycles. The van der Waals surface area contributed by atoms with Crippen LogP contribution >= 0.6 is 22.9 Å². The molecule has 0 aliphatic rings. The summed E-state index contributed by atoms with van der Waals surface area (Å²) in [5.74, 6) is 3.49. The van der Waals surface area contributed by atoms with Crippen LogP contribution in [0.15, 0.2) is 28.0 Å². The average molecular weight is 331 g/mol. The van der Waals surface area contributed by atoms with Crippen LogP contribution in [0.4, 0.5) is 5.69 Å². The number of fused-ring (bicyclic) bond motifs is 1. The largest absolute Gasteiger partial charge is 0.456 e. The van der Waals surface area contributed by atoms with Crippen molar-refractivity contribution in [3.63, 3.8) is 0 Å². The number of terminal acetylenes is 1. The number of anilines is 1. The quantitative estimate of drug-likeness (QED) is 0.523. The van der Waals surface area contributed by atoms with Gasteiger partial charge in [-0.3, -0.25) is 0 Å². The fourth-order valence-electron chi connectivity index (χ4n) is 2.36. The van der Waals surface area contributed by atoms with Crippen molar-refractivity contribution < 1.29 is 4.42 Å². The number of aryl methyl sites for hydroxylation is 1.